The molecule has 2 aliphatic rings. The summed E-state index contributed by atoms with van der Waals surface area (Å²) in [5, 5.41) is 8.90. The van der Waals surface area contributed by atoms with Crippen molar-refractivity contribution in [3.8, 4) is 6.07 Å². The molecular weight excluding hydrogens is 226 g/mol. The Labute approximate surface area is 110 Å². The zero-order valence-corrected chi connectivity index (χ0v) is 11.3. The number of hydrogen-bond donors (Lipinski definition) is 0. The Bertz CT molecular complexity index is 330. The molecule has 4 nitrogen and oxygen atoms in total. The molecule has 0 aromatic rings. The third-order valence-corrected chi connectivity index (χ3v) is 4.31. The van der Waals surface area contributed by atoms with E-state index in [1.165, 1.54) is 19.3 Å². The second-order valence-corrected chi connectivity index (χ2v) is 5.54. The molecule has 18 heavy (non-hydrogen) atoms. The van der Waals surface area contributed by atoms with E-state index in [2.05, 4.69) is 11.0 Å². The zero-order chi connectivity index (χ0) is 13.0. The topological polar surface area (TPSA) is 47.3 Å². The quantitative estimate of drug-likeness (QED) is 0.749. The largest absolute Gasteiger partial charge is 0.338 e. The second-order valence-electron chi connectivity index (χ2n) is 5.54. The molecule has 4 heteroatoms. The summed E-state index contributed by atoms with van der Waals surface area (Å²) in [6, 6.07) is 2.37. The number of carbonyl (C=O) groups excluding carboxylic acids is 1. The minimum atomic E-state index is -0.223. The molecule has 0 radical (unpaired) electrons. The lowest BCUT2D eigenvalue weighted by Crippen LogP contribution is -2.48. The Balaban J connectivity index is 2.09. The van der Waals surface area contributed by atoms with Gasteiger partial charge in [0.15, 0.2) is 0 Å². The third-order valence-electron chi connectivity index (χ3n) is 4.31. The Morgan fingerprint density at radius 1 is 1.22 bits per heavy atom. The van der Waals surface area contributed by atoms with Crippen molar-refractivity contribution in [1.29, 1.82) is 5.26 Å². The number of rotatable bonds is 2. The van der Waals surface area contributed by atoms with Crippen molar-refractivity contribution in [1.82, 2.24) is 9.80 Å². The van der Waals surface area contributed by atoms with Crippen molar-refractivity contribution >= 4 is 5.91 Å². The predicted octanol–water partition coefficient (Wildman–Crippen LogP) is 1.77. The first-order valence-electron chi connectivity index (χ1n) is 7.11. The highest BCUT2D eigenvalue weighted by molar-refractivity contribution is 5.82. The summed E-state index contributed by atoms with van der Waals surface area (Å²) in [4.78, 5) is 16.7. The first-order valence-corrected chi connectivity index (χ1v) is 7.11. The molecule has 0 N–H and O–H groups in total. The van der Waals surface area contributed by atoms with Crippen LogP contribution in [-0.4, -0.2) is 47.9 Å². The molecule has 1 saturated heterocycles. The molecule has 0 spiro atoms. The molecule has 1 aliphatic carbocycles. The first-order chi connectivity index (χ1) is 8.74. The monoisotopic (exact) mass is 249 g/mol. The number of carbonyl (C=O) groups is 1. The first kappa shape index (κ1) is 13.4. The van der Waals surface area contributed by atoms with Crippen molar-refractivity contribution < 1.29 is 4.79 Å². The Morgan fingerprint density at radius 2 is 1.94 bits per heavy atom. The van der Waals surface area contributed by atoms with E-state index in [4.69, 9.17) is 5.26 Å². The third kappa shape index (κ3) is 2.84. The molecular formula is C14H23N3O. The van der Waals surface area contributed by atoms with Crippen LogP contribution in [0.3, 0.4) is 0 Å². The highest BCUT2D eigenvalue weighted by Gasteiger charge is 2.34. The molecule has 1 saturated carbocycles. The standard InChI is InChI=1S/C14H23N3O/c1-16-10-5-11-17(12-6-3-2-4-7-12)14(18)13(16)8-9-15/h12-13H,2-8,10-11H2,1H3. The van der Waals surface area contributed by atoms with Gasteiger partial charge in [-0.1, -0.05) is 19.3 Å². The fraction of sp³-hybridized carbons (Fsp3) is 0.857. The van der Waals surface area contributed by atoms with Gasteiger partial charge in [0.05, 0.1) is 12.5 Å². The fourth-order valence-corrected chi connectivity index (χ4v) is 3.22. The molecule has 1 heterocycles. The molecule has 1 amide bonds. The number of nitrogens with zero attached hydrogens (tertiary/aromatic N) is 3. The maximum atomic E-state index is 12.6. The number of nitriles is 1. The average molecular weight is 249 g/mol. The van der Waals surface area contributed by atoms with Gasteiger partial charge in [-0.15, -0.1) is 0 Å². The van der Waals surface area contributed by atoms with Gasteiger partial charge in [-0.3, -0.25) is 9.69 Å². The van der Waals surface area contributed by atoms with Crippen LogP contribution >= 0.6 is 0 Å². The van der Waals surface area contributed by atoms with E-state index in [1.54, 1.807) is 0 Å². The highest BCUT2D eigenvalue weighted by atomic mass is 16.2. The van der Waals surface area contributed by atoms with Gasteiger partial charge >= 0.3 is 0 Å². The molecule has 0 aromatic heterocycles. The van der Waals surface area contributed by atoms with E-state index in [9.17, 15) is 4.79 Å². The lowest BCUT2D eigenvalue weighted by molar-refractivity contribution is -0.137. The SMILES string of the molecule is CN1CCCN(C2CCCCC2)C(=O)C1CC#N. The summed E-state index contributed by atoms with van der Waals surface area (Å²) in [6.07, 6.45) is 7.43. The lowest BCUT2D eigenvalue weighted by Gasteiger charge is -2.35. The van der Waals surface area contributed by atoms with E-state index in [0.717, 1.165) is 32.4 Å². The fourth-order valence-electron chi connectivity index (χ4n) is 3.22. The van der Waals surface area contributed by atoms with Crippen LogP contribution in [0, 0.1) is 11.3 Å². The summed E-state index contributed by atoms with van der Waals surface area (Å²) < 4.78 is 0. The molecule has 0 bridgehead atoms. The number of likely N-dealkylation sites (N-methyl/N-ethyl adjacent to an activating group) is 1. The summed E-state index contributed by atoms with van der Waals surface area (Å²) in [5.41, 5.74) is 0. The van der Waals surface area contributed by atoms with Gasteiger partial charge in [0.25, 0.3) is 0 Å². The van der Waals surface area contributed by atoms with Crippen LogP contribution in [0.5, 0.6) is 0 Å². The number of hydrogen-bond acceptors (Lipinski definition) is 3. The van der Waals surface area contributed by atoms with Crippen LogP contribution in [0.25, 0.3) is 0 Å². The summed E-state index contributed by atoms with van der Waals surface area (Å²) in [6.45, 7) is 1.79. The molecule has 1 aliphatic heterocycles. The van der Waals surface area contributed by atoms with Gasteiger partial charge in [-0.2, -0.15) is 5.26 Å². The van der Waals surface area contributed by atoms with E-state index in [1.807, 2.05) is 11.9 Å². The van der Waals surface area contributed by atoms with Crippen molar-refractivity contribution in [2.24, 2.45) is 0 Å². The van der Waals surface area contributed by atoms with Crippen LogP contribution in [0.1, 0.15) is 44.9 Å². The van der Waals surface area contributed by atoms with Crippen molar-refractivity contribution in [3.05, 3.63) is 0 Å². The molecule has 100 valence electrons. The maximum Gasteiger partial charge on any atom is 0.241 e. The minimum absolute atomic E-state index is 0.184. The Hall–Kier alpha value is -1.08. The van der Waals surface area contributed by atoms with Gasteiger partial charge < -0.3 is 4.90 Å². The second kappa shape index (κ2) is 6.19. The minimum Gasteiger partial charge on any atom is -0.338 e. The summed E-state index contributed by atoms with van der Waals surface area (Å²) >= 11 is 0. The highest BCUT2D eigenvalue weighted by Crippen LogP contribution is 2.25. The maximum absolute atomic E-state index is 12.6. The summed E-state index contributed by atoms with van der Waals surface area (Å²) in [5.74, 6) is 0.184. The van der Waals surface area contributed by atoms with E-state index in [-0.39, 0.29) is 11.9 Å². The van der Waals surface area contributed by atoms with Gasteiger partial charge in [0, 0.05) is 19.1 Å². The van der Waals surface area contributed by atoms with Gasteiger partial charge in [-0.05, 0) is 26.3 Å². The van der Waals surface area contributed by atoms with Crippen LogP contribution in [0.2, 0.25) is 0 Å². The molecule has 1 unspecified atom stereocenters. The van der Waals surface area contributed by atoms with E-state index < -0.39 is 0 Å². The molecule has 0 aromatic carbocycles. The lowest BCUT2D eigenvalue weighted by atomic mass is 9.93. The van der Waals surface area contributed by atoms with Crippen LogP contribution in [0.4, 0.5) is 0 Å². The van der Waals surface area contributed by atoms with Crippen molar-refractivity contribution in [3.63, 3.8) is 0 Å². The average Bonchev–Trinajstić information content (AvgIpc) is 2.53. The van der Waals surface area contributed by atoms with Gasteiger partial charge in [-0.25, -0.2) is 0 Å². The number of amides is 1. The van der Waals surface area contributed by atoms with E-state index in [0.29, 0.717) is 12.5 Å². The van der Waals surface area contributed by atoms with Crippen molar-refractivity contribution in [2.45, 2.75) is 57.0 Å². The van der Waals surface area contributed by atoms with Crippen LogP contribution in [0.15, 0.2) is 0 Å². The van der Waals surface area contributed by atoms with Crippen LogP contribution in [-0.2, 0) is 4.79 Å². The molecule has 2 rings (SSSR count). The zero-order valence-electron chi connectivity index (χ0n) is 11.3. The van der Waals surface area contributed by atoms with Gasteiger partial charge in [0.2, 0.25) is 5.91 Å². The molecule has 2 fully saturated rings. The summed E-state index contributed by atoms with van der Waals surface area (Å²) in [7, 11) is 1.96. The predicted molar refractivity (Wildman–Crippen MR) is 69.9 cm³/mol. The van der Waals surface area contributed by atoms with E-state index >= 15 is 0 Å². The smallest absolute Gasteiger partial charge is 0.241 e. The normalized spacial score (nSPS) is 27.9. The van der Waals surface area contributed by atoms with Crippen molar-refractivity contribution in [2.75, 3.05) is 20.1 Å². The van der Waals surface area contributed by atoms with Gasteiger partial charge in [0.1, 0.15) is 6.04 Å². The van der Waals surface area contributed by atoms with Crippen LogP contribution < -0.4 is 0 Å². The Morgan fingerprint density at radius 3 is 2.61 bits per heavy atom. The molecule has 1 atom stereocenters. The Kier molecular flexibility index (Phi) is 4.60.